The Morgan fingerprint density at radius 1 is 1.40 bits per heavy atom. The van der Waals surface area contributed by atoms with E-state index >= 15 is 0 Å². The van der Waals surface area contributed by atoms with Crippen LogP contribution in [0.15, 0.2) is 11.4 Å². The maximum absolute atomic E-state index is 12.2. The highest BCUT2D eigenvalue weighted by Gasteiger charge is 2.22. The summed E-state index contributed by atoms with van der Waals surface area (Å²) < 4.78 is 0. The van der Waals surface area contributed by atoms with Gasteiger partial charge in [-0.05, 0) is 37.3 Å². The van der Waals surface area contributed by atoms with Gasteiger partial charge in [-0.3, -0.25) is 9.59 Å². The Morgan fingerprint density at radius 2 is 2.15 bits per heavy atom. The van der Waals surface area contributed by atoms with Crippen LogP contribution in [0, 0.1) is 0 Å². The van der Waals surface area contributed by atoms with Crippen molar-refractivity contribution in [3.8, 4) is 0 Å². The monoisotopic (exact) mass is 294 g/mol. The molecule has 110 valence electrons. The molecule has 5 heteroatoms. The maximum atomic E-state index is 12.2. The Kier molecular flexibility index (Phi) is 4.81. The van der Waals surface area contributed by atoms with Crippen LogP contribution in [0.5, 0.6) is 0 Å². The molecule has 2 heterocycles. The second-order valence-electron chi connectivity index (χ2n) is 5.53. The Bertz CT molecular complexity index is 496. The van der Waals surface area contributed by atoms with Crippen LogP contribution in [0.3, 0.4) is 0 Å². The predicted octanol–water partition coefficient (Wildman–Crippen LogP) is 2.28. The summed E-state index contributed by atoms with van der Waals surface area (Å²) in [5.41, 5.74) is 1.26. The van der Waals surface area contributed by atoms with Crippen molar-refractivity contribution in [3.05, 3.63) is 21.9 Å². The molecular formula is C15H22N2O2S. The van der Waals surface area contributed by atoms with E-state index in [0.29, 0.717) is 19.4 Å². The second kappa shape index (κ2) is 6.39. The zero-order valence-corrected chi connectivity index (χ0v) is 13.2. The molecule has 0 N–H and O–H groups in total. The fraction of sp³-hybridized carbons (Fsp3) is 0.600. The number of hydrogen-bond donors (Lipinski definition) is 0. The standard InChI is InChI=1S/C15H22N2O2S/c1-11(2)16(3)14(18)4-5-15(19)17-8-6-13-12(10-17)7-9-20-13/h7,9,11H,4-6,8,10H2,1-3H3. The van der Waals surface area contributed by atoms with Crippen molar-refractivity contribution in [3.63, 3.8) is 0 Å². The highest BCUT2D eigenvalue weighted by Crippen LogP contribution is 2.24. The zero-order chi connectivity index (χ0) is 14.7. The lowest BCUT2D eigenvalue weighted by Gasteiger charge is -2.27. The normalized spacial score (nSPS) is 14.3. The third kappa shape index (κ3) is 3.39. The van der Waals surface area contributed by atoms with Crippen molar-refractivity contribution < 1.29 is 9.59 Å². The van der Waals surface area contributed by atoms with Gasteiger partial charge in [0.1, 0.15) is 0 Å². The molecule has 0 unspecified atom stereocenters. The molecule has 1 aliphatic rings. The zero-order valence-electron chi connectivity index (χ0n) is 12.4. The average molecular weight is 294 g/mol. The number of thiophene rings is 1. The van der Waals surface area contributed by atoms with E-state index < -0.39 is 0 Å². The van der Waals surface area contributed by atoms with E-state index in [9.17, 15) is 9.59 Å². The minimum atomic E-state index is 0.0431. The summed E-state index contributed by atoms with van der Waals surface area (Å²) in [6.45, 7) is 5.43. The molecule has 2 amide bonds. The lowest BCUT2D eigenvalue weighted by atomic mass is 10.1. The van der Waals surface area contributed by atoms with E-state index in [1.165, 1.54) is 10.4 Å². The lowest BCUT2D eigenvalue weighted by molar-refractivity contribution is -0.137. The first-order valence-corrected chi connectivity index (χ1v) is 7.95. The lowest BCUT2D eigenvalue weighted by Crippen LogP contribution is -2.37. The minimum absolute atomic E-state index is 0.0431. The maximum Gasteiger partial charge on any atom is 0.223 e. The van der Waals surface area contributed by atoms with E-state index in [1.54, 1.807) is 23.3 Å². The molecule has 0 spiro atoms. The Labute approximate surface area is 124 Å². The molecule has 2 rings (SSSR count). The quantitative estimate of drug-likeness (QED) is 0.855. The van der Waals surface area contributed by atoms with Gasteiger partial charge in [-0.15, -0.1) is 11.3 Å². The summed E-state index contributed by atoms with van der Waals surface area (Å²) in [7, 11) is 1.79. The number of fused-ring (bicyclic) bond motifs is 1. The van der Waals surface area contributed by atoms with Crippen LogP contribution in [-0.4, -0.2) is 41.2 Å². The van der Waals surface area contributed by atoms with Crippen molar-refractivity contribution in [2.24, 2.45) is 0 Å². The molecule has 4 nitrogen and oxygen atoms in total. The highest BCUT2D eigenvalue weighted by molar-refractivity contribution is 7.10. The van der Waals surface area contributed by atoms with Gasteiger partial charge in [0.25, 0.3) is 0 Å². The molecule has 1 aliphatic heterocycles. The summed E-state index contributed by atoms with van der Waals surface area (Å²) >= 11 is 1.77. The summed E-state index contributed by atoms with van der Waals surface area (Å²) in [4.78, 5) is 29.0. The van der Waals surface area contributed by atoms with Crippen LogP contribution in [0.4, 0.5) is 0 Å². The number of carbonyl (C=O) groups is 2. The van der Waals surface area contributed by atoms with Crippen LogP contribution < -0.4 is 0 Å². The largest absolute Gasteiger partial charge is 0.343 e. The van der Waals surface area contributed by atoms with Gasteiger partial charge in [-0.1, -0.05) is 0 Å². The Hall–Kier alpha value is -1.36. The molecule has 1 aromatic rings. The topological polar surface area (TPSA) is 40.6 Å². The first-order chi connectivity index (χ1) is 9.49. The molecule has 0 aliphatic carbocycles. The van der Waals surface area contributed by atoms with Gasteiger partial charge in [0.2, 0.25) is 11.8 Å². The number of rotatable bonds is 4. The summed E-state index contributed by atoms with van der Waals surface area (Å²) in [6.07, 6.45) is 1.56. The van der Waals surface area contributed by atoms with Gasteiger partial charge in [-0.2, -0.15) is 0 Å². The Morgan fingerprint density at radius 3 is 2.85 bits per heavy atom. The molecule has 0 aromatic carbocycles. The SMILES string of the molecule is CC(C)N(C)C(=O)CCC(=O)N1CCc2sccc2C1. The van der Waals surface area contributed by atoms with Gasteiger partial charge >= 0.3 is 0 Å². The first kappa shape index (κ1) is 15.0. The number of nitrogens with zero attached hydrogens (tertiary/aromatic N) is 2. The smallest absolute Gasteiger partial charge is 0.223 e. The molecule has 1 aromatic heterocycles. The van der Waals surface area contributed by atoms with E-state index in [2.05, 4.69) is 11.4 Å². The van der Waals surface area contributed by atoms with Crippen LogP contribution >= 0.6 is 11.3 Å². The molecule has 0 fully saturated rings. The highest BCUT2D eigenvalue weighted by atomic mass is 32.1. The van der Waals surface area contributed by atoms with Crippen molar-refractivity contribution in [2.75, 3.05) is 13.6 Å². The molecule has 20 heavy (non-hydrogen) atoms. The summed E-state index contributed by atoms with van der Waals surface area (Å²) in [6, 6.07) is 2.28. The summed E-state index contributed by atoms with van der Waals surface area (Å²) in [5.74, 6) is 0.133. The van der Waals surface area contributed by atoms with Crippen molar-refractivity contribution >= 4 is 23.2 Å². The molecule has 0 radical (unpaired) electrons. The van der Waals surface area contributed by atoms with E-state index in [0.717, 1.165) is 13.0 Å². The van der Waals surface area contributed by atoms with E-state index in [1.807, 2.05) is 18.7 Å². The van der Waals surface area contributed by atoms with Crippen LogP contribution in [0.25, 0.3) is 0 Å². The molecule has 0 saturated heterocycles. The third-order valence-corrected chi connectivity index (χ3v) is 4.90. The van der Waals surface area contributed by atoms with Crippen molar-refractivity contribution in [2.45, 2.75) is 45.7 Å². The second-order valence-corrected chi connectivity index (χ2v) is 6.53. The molecule has 0 atom stereocenters. The third-order valence-electron chi connectivity index (χ3n) is 3.88. The predicted molar refractivity (Wildman–Crippen MR) is 80.6 cm³/mol. The molecule has 0 bridgehead atoms. The van der Waals surface area contributed by atoms with Crippen molar-refractivity contribution in [1.29, 1.82) is 0 Å². The number of amides is 2. The van der Waals surface area contributed by atoms with E-state index in [-0.39, 0.29) is 17.9 Å². The van der Waals surface area contributed by atoms with E-state index in [4.69, 9.17) is 0 Å². The fourth-order valence-electron chi connectivity index (χ4n) is 2.30. The van der Waals surface area contributed by atoms with Gasteiger partial charge in [0.05, 0.1) is 0 Å². The van der Waals surface area contributed by atoms with Crippen LogP contribution in [-0.2, 0) is 22.6 Å². The van der Waals surface area contributed by atoms with Crippen LogP contribution in [0.2, 0.25) is 0 Å². The van der Waals surface area contributed by atoms with Crippen molar-refractivity contribution in [1.82, 2.24) is 9.80 Å². The number of carbonyl (C=O) groups excluding carboxylic acids is 2. The minimum Gasteiger partial charge on any atom is -0.343 e. The van der Waals surface area contributed by atoms with Crippen LogP contribution in [0.1, 0.15) is 37.1 Å². The van der Waals surface area contributed by atoms with Gasteiger partial charge in [-0.25, -0.2) is 0 Å². The number of hydrogen-bond acceptors (Lipinski definition) is 3. The fourth-order valence-corrected chi connectivity index (χ4v) is 3.19. The van der Waals surface area contributed by atoms with Gasteiger partial charge < -0.3 is 9.80 Å². The first-order valence-electron chi connectivity index (χ1n) is 7.07. The molecular weight excluding hydrogens is 272 g/mol. The van der Waals surface area contributed by atoms with Gasteiger partial charge in [0, 0.05) is 43.9 Å². The summed E-state index contributed by atoms with van der Waals surface area (Å²) in [5, 5.41) is 2.08. The average Bonchev–Trinajstić information content (AvgIpc) is 2.90. The Balaban J connectivity index is 1.83. The molecule has 0 saturated carbocycles. The van der Waals surface area contributed by atoms with Gasteiger partial charge in [0.15, 0.2) is 0 Å².